The molecule has 0 aliphatic heterocycles. The number of hydrogen-bond donors (Lipinski definition) is 3. The van der Waals surface area contributed by atoms with Gasteiger partial charge in [-0.2, -0.15) is 0 Å². The van der Waals surface area contributed by atoms with Crippen LogP contribution in [0.5, 0.6) is 0 Å². The number of Topliss-reactive ketones (excluding diaryl/α,β-unsaturated/α-hetero) is 1. The van der Waals surface area contributed by atoms with Crippen molar-refractivity contribution >= 4 is 17.1 Å². The third-order valence-corrected chi connectivity index (χ3v) is 16.8. The first-order valence-corrected chi connectivity index (χ1v) is 22.5. The van der Waals surface area contributed by atoms with Crippen molar-refractivity contribution < 1.29 is 24.9 Å². The largest absolute Gasteiger partial charge is 0.393 e. The average molecular weight is 798 g/mol. The number of aliphatic hydroxyl groups is 3. The zero-order valence-corrected chi connectivity index (χ0v) is 34.9. The second kappa shape index (κ2) is 15.4. The molecule has 3 fully saturated rings. The Morgan fingerprint density at radius 3 is 2.34 bits per heavy atom. The van der Waals surface area contributed by atoms with E-state index in [1.165, 1.54) is 4.88 Å². The summed E-state index contributed by atoms with van der Waals surface area (Å²) < 4.78 is 5.99. The summed E-state index contributed by atoms with van der Waals surface area (Å²) in [5, 5.41) is 38.0. The number of ketones is 1. The van der Waals surface area contributed by atoms with Crippen LogP contribution in [0.4, 0.5) is 0 Å². The fourth-order valence-electron chi connectivity index (χ4n) is 12.9. The van der Waals surface area contributed by atoms with Gasteiger partial charge in [0.15, 0.2) is 5.78 Å². The number of benzene rings is 3. The quantitative estimate of drug-likeness (QED) is 0.0871. The summed E-state index contributed by atoms with van der Waals surface area (Å²) in [4.78, 5) is 19.1. The van der Waals surface area contributed by atoms with Crippen LogP contribution in [0.3, 0.4) is 0 Å². The molecule has 0 radical (unpaired) electrons. The number of thiophene rings is 1. The van der Waals surface area contributed by atoms with Crippen LogP contribution in [0.15, 0.2) is 126 Å². The maximum atomic E-state index is 15.5. The lowest BCUT2D eigenvalue weighted by atomic mass is 9.32. The van der Waals surface area contributed by atoms with Gasteiger partial charge in [0.25, 0.3) is 0 Å². The molecule has 10 rings (SSSR count). The van der Waals surface area contributed by atoms with E-state index in [0.717, 1.165) is 67.3 Å². The normalized spacial score (nSPS) is 34.0. The maximum Gasteiger partial charge on any atom is 0.190 e. The Hall–Kier alpha value is -3.69. The third-order valence-electron chi connectivity index (χ3n) is 15.8. The molecule has 7 heteroatoms. The van der Waals surface area contributed by atoms with Gasteiger partial charge in [0, 0.05) is 51.9 Å². The molecule has 1 unspecified atom stereocenters. The number of nitrogens with zero attached hydrogens (tertiary/aromatic N) is 1. The molecule has 2 bridgehead atoms. The number of allylic oxidation sites excluding steroid dienone is 4. The second-order valence-corrected chi connectivity index (χ2v) is 19.8. The van der Waals surface area contributed by atoms with Gasteiger partial charge in [-0.05, 0) is 96.8 Å². The van der Waals surface area contributed by atoms with Crippen molar-refractivity contribution in [1.29, 1.82) is 0 Å². The molecule has 2 spiro atoms. The number of rotatable bonds is 14. The van der Waals surface area contributed by atoms with Crippen LogP contribution in [-0.2, 0) is 17.8 Å². The van der Waals surface area contributed by atoms with E-state index in [0.29, 0.717) is 38.1 Å². The van der Waals surface area contributed by atoms with Gasteiger partial charge < -0.3 is 20.1 Å². The number of hydrogen-bond acceptors (Lipinski definition) is 7. The van der Waals surface area contributed by atoms with E-state index in [1.54, 1.807) is 11.3 Å². The zero-order chi connectivity index (χ0) is 40.2. The molecule has 3 saturated carbocycles. The lowest BCUT2D eigenvalue weighted by Gasteiger charge is -2.71. The number of carbonyl (C=O) groups excluding carboxylic acids is 1. The first kappa shape index (κ1) is 39.8. The highest BCUT2D eigenvalue weighted by molar-refractivity contribution is 7.09. The Morgan fingerprint density at radius 1 is 0.862 bits per heavy atom. The third kappa shape index (κ3) is 6.52. The minimum absolute atomic E-state index is 0.0411. The molecular weight excluding hydrogens is 739 g/mol. The minimum atomic E-state index is -1.03. The summed E-state index contributed by atoms with van der Waals surface area (Å²) in [6.07, 6.45) is 12.4. The van der Waals surface area contributed by atoms with Crippen molar-refractivity contribution in [2.24, 2.45) is 33.5 Å². The van der Waals surface area contributed by atoms with Crippen LogP contribution in [-0.4, -0.2) is 70.1 Å². The van der Waals surface area contributed by atoms with Crippen LogP contribution in [0.25, 0.3) is 11.1 Å². The molecule has 4 aromatic rings. The SMILES string of the molecule is C[C@]12CC[C@H]3[C@]4(C=C[C@@]5(C=C4C(=O)c4ccccc4-c4ccccc4)CC(O)CC[C@]35C)[C@@H]1CC[C@@]2(O)CN(CCc1cccs1)C[C@@H](O)COCc1ccccc1. The number of fused-ring (bicyclic) bond motifs is 1. The molecule has 6 aliphatic carbocycles. The fourth-order valence-corrected chi connectivity index (χ4v) is 13.6. The summed E-state index contributed by atoms with van der Waals surface area (Å²) in [5.74, 6) is 0.329. The summed E-state index contributed by atoms with van der Waals surface area (Å²) in [6, 6.07) is 32.5. The molecule has 0 saturated heterocycles. The average Bonchev–Trinajstić information content (AvgIpc) is 3.86. The summed E-state index contributed by atoms with van der Waals surface area (Å²) in [5.41, 5.74) is 2.04. The lowest BCUT2D eigenvalue weighted by molar-refractivity contribution is -0.177. The van der Waals surface area contributed by atoms with E-state index in [-0.39, 0.29) is 29.6 Å². The van der Waals surface area contributed by atoms with Crippen molar-refractivity contribution in [2.75, 3.05) is 26.2 Å². The van der Waals surface area contributed by atoms with Crippen molar-refractivity contribution in [3.63, 3.8) is 0 Å². The van der Waals surface area contributed by atoms with Gasteiger partial charge >= 0.3 is 0 Å². The monoisotopic (exact) mass is 797 g/mol. The van der Waals surface area contributed by atoms with Gasteiger partial charge in [-0.25, -0.2) is 0 Å². The highest BCUT2D eigenvalue weighted by Gasteiger charge is 2.74. The molecule has 3 N–H and O–H groups in total. The molecule has 1 heterocycles. The predicted molar refractivity (Wildman–Crippen MR) is 231 cm³/mol. The molecule has 58 heavy (non-hydrogen) atoms. The van der Waals surface area contributed by atoms with E-state index in [4.69, 9.17) is 4.74 Å². The Balaban J connectivity index is 1.05. The van der Waals surface area contributed by atoms with Crippen LogP contribution in [0.2, 0.25) is 0 Å². The molecule has 6 aliphatic rings. The number of ether oxygens (including phenoxy) is 1. The minimum Gasteiger partial charge on any atom is -0.393 e. The van der Waals surface area contributed by atoms with Gasteiger partial charge in [-0.3, -0.25) is 9.69 Å². The van der Waals surface area contributed by atoms with Gasteiger partial charge in [0.05, 0.1) is 31.0 Å². The van der Waals surface area contributed by atoms with Gasteiger partial charge in [0.1, 0.15) is 0 Å². The van der Waals surface area contributed by atoms with E-state index in [9.17, 15) is 15.3 Å². The Kier molecular flexibility index (Phi) is 10.6. The molecule has 9 atom stereocenters. The molecule has 0 amide bonds. The van der Waals surface area contributed by atoms with Crippen molar-refractivity contribution in [3.05, 3.63) is 142 Å². The van der Waals surface area contributed by atoms with E-state index in [2.05, 4.69) is 72.7 Å². The predicted octanol–water partition coefficient (Wildman–Crippen LogP) is 9.31. The van der Waals surface area contributed by atoms with Crippen LogP contribution < -0.4 is 0 Å². The summed E-state index contributed by atoms with van der Waals surface area (Å²) in [6.45, 7) is 6.97. The van der Waals surface area contributed by atoms with Crippen molar-refractivity contribution in [2.45, 2.75) is 89.6 Å². The van der Waals surface area contributed by atoms with Crippen LogP contribution >= 0.6 is 11.3 Å². The second-order valence-electron chi connectivity index (χ2n) is 18.8. The molecule has 304 valence electrons. The van der Waals surface area contributed by atoms with E-state index >= 15 is 4.79 Å². The van der Waals surface area contributed by atoms with Crippen LogP contribution in [0, 0.1) is 33.5 Å². The zero-order valence-electron chi connectivity index (χ0n) is 34.1. The number of carbonyl (C=O) groups is 1. The first-order valence-electron chi connectivity index (χ1n) is 21.6. The summed E-state index contributed by atoms with van der Waals surface area (Å²) >= 11 is 1.74. The Morgan fingerprint density at radius 2 is 1.57 bits per heavy atom. The van der Waals surface area contributed by atoms with Crippen molar-refractivity contribution in [1.82, 2.24) is 4.90 Å². The van der Waals surface area contributed by atoms with Crippen molar-refractivity contribution in [3.8, 4) is 11.1 Å². The fraction of sp³-hybridized carbons (Fsp3) is 0.471. The maximum absolute atomic E-state index is 15.5. The Labute approximate surface area is 348 Å². The highest BCUT2D eigenvalue weighted by atomic mass is 32.1. The summed E-state index contributed by atoms with van der Waals surface area (Å²) in [7, 11) is 0. The molecule has 3 aromatic carbocycles. The number of aliphatic hydroxyl groups excluding tert-OH is 2. The molecular formula is C51H59NO5S. The van der Waals surface area contributed by atoms with E-state index < -0.39 is 34.1 Å². The molecule has 6 nitrogen and oxygen atoms in total. The smallest absolute Gasteiger partial charge is 0.190 e. The van der Waals surface area contributed by atoms with Crippen LogP contribution in [0.1, 0.15) is 79.6 Å². The van der Waals surface area contributed by atoms with Gasteiger partial charge in [-0.1, -0.05) is 123 Å². The Bertz CT molecular complexity index is 2150. The van der Waals surface area contributed by atoms with Gasteiger partial charge in [-0.15, -0.1) is 11.3 Å². The van der Waals surface area contributed by atoms with Gasteiger partial charge in [0.2, 0.25) is 0 Å². The standard InChI is InChI=1S/C51H59NO5S/c1-47-23-19-38(53)30-49(47)26-27-51(43(31-49)46(55)42-18-10-9-17-41(42)37-14-7-4-8-15-37)44(47)20-24-48(2)45(51)21-25-50(48,56)35-52(28-22-40-16-11-29-58-40)32-39(54)34-57-33-36-12-5-3-6-13-36/h3-18,26-27,29,31,38-39,44-45,53-54,56H,19-25,28,30,32-35H2,1-2H3/t38?,39-,44-,45-,47-,48+,49+,50-,51-/m1/s1. The highest BCUT2D eigenvalue weighted by Crippen LogP contribution is 2.78. The topological polar surface area (TPSA) is 90.2 Å². The lowest BCUT2D eigenvalue weighted by Crippen LogP contribution is -2.67. The first-order chi connectivity index (χ1) is 28.0. The molecule has 1 aromatic heterocycles. The van der Waals surface area contributed by atoms with E-state index in [1.807, 2.05) is 66.7 Å².